The van der Waals surface area contributed by atoms with E-state index < -0.39 is 22.3 Å². The van der Waals surface area contributed by atoms with E-state index in [0.29, 0.717) is 11.3 Å². The van der Waals surface area contributed by atoms with E-state index in [4.69, 9.17) is 4.74 Å². The van der Waals surface area contributed by atoms with E-state index in [1.165, 1.54) is 23.9 Å². The van der Waals surface area contributed by atoms with Crippen molar-refractivity contribution in [3.8, 4) is 11.5 Å². The van der Waals surface area contributed by atoms with Crippen molar-refractivity contribution >= 4 is 17.8 Å². The summed E-state index contributed by atoms with van der Waals surface area (Å²) in [5.74, 6) is -0.320. The van der Waals surface area contributed by atoms with Gasteiger partial charge in [-0.3, -0.25) is 14.9 Å². The molecule has 0 heterocycles. The lowest BCUT2D eigenvalue weighted by Crippen LogP contribution is -2.24. The van der Waals surface area contributed by atoms with Crippen LogP contribution in [0.3, 0.4) is 0 Å². The van der Waals surface area contributed by atoms with Gasteiger partial charge in [0, 0.05) is 11.6 Å². The molecule has 0 saturated carbocycles. The molecule has 26 heavy (non-hydrogen) atoms. The minimum absolute atomic E-state index is 0.208. The summed E-state index contributed by atoms with van der Waals surface area (Å²) in [6, 6.07) is 11.3. The van der Waals surface area contributed by atoms with Gasteiger partial charge in [0.15, 0.2) is 12.4 Å². The van der Waals surface area contributed by atoms with Crippen molar-refractivity contribution in [2.24, 2.45) is 5.10 Å². The van der Waals surface area contributed by atoms with Crippen molar-refractivity contribution in [1.82, 2.24) is 5.43 Å². The van der Waals surface area contributed by atoms with Crippen LogP contribution in [0.1, 0.15) is 24.5 Å². The molecule has 8 nitrogen and oxygen atoms in total. The number of phenolic OH excluding ortho intramolecular Hbond substituents is 1. The maximum absolute atomic E-state index is 11.7. The third-order valence-corrected chi connectivity index (χ3v) is 3.43. The molecule has 2 aromatic rings. The van der Waals surface area contributed by atoms with E-state index in [9.17, 15) is 20.0 Å². The van der Waals surface area contributed by atoms with Gasteiger partial charge in [-0.05, 0) is 36.2 Å². The minimum Gasteiger partial charge on any atom is -0.502 e. The molecule has 0 aliphatic carbocycles. The lowest BCUT2D eigenvalue weighted by Gasteiger charge is -2.06. The number of ether oxygens (including phenoxy) is 1. The first-order chi connectivity index (χ1) is 12.5. The predicted molar refractivity (Wildman–Crippen MR) is 96.4 cm³/mol. The van der Waals surface area contributed by atoms with Crippen LogP contribution in [0.2, 0.25) is 0 Å². The highest BCUT2D eigenvalue weighted by molar-refractivity contribution is 5.84. The number of hydrogen-bond acceptors (Lipinski definition) is 6. The normalized spacial score (nSPS) is 10.7. The lowest BCUT2D eigenvalue weighted by molar-refractivity contribution is -0.385. The SMILES string of the molecule is CCCc1ccc(OCC(=O)N/N=C/c2ccc(O)c([N+](=O)[O-])c2)cc1. The molecule has 0 unspecified atom stereocenters. The molecule has 0 fully saturated rings. The number of amides is 1. The summed E-state index contributed by atoms with van der Waals surface area (Å²) in [4.78, 5) is 21.8. The van der Waals surface area contributed by atoms with Crippen molar-refractivity contribution in [2.75, 3.05) is 6.61 Å². The van der Waals surface area contributed by atoms with Gasteiger partial charge in [0.25, 0.3) is 5.91 Å². The van der Waals surface area contributed by atoms with Crippen LogP contribution >= 0.6 is 0 Å². The number of nitrogens with zero attached hydrogens (tertiary/aromatic N) is 2. The van der Waals surface area contributed by atoms with Crippen LogP contribution in [0, 0.1) is 10.1 Å². The number of aromatic hydroxyl groups is 1. The summed E-state index contributed by atoms with van der Waals surface area (Å²) in [5.41, 5.74) is 3.40. The Bertz CT molecular complexity index is 803. The number of nitrogens with one attached hydrogen (secondary N) is 1. The fourth-order valence-electron chi connectivity index (χ4n) is 2.17. The van der Waals surface area contributed by atoms with Crippen LogP contribution in [-0.2, 0) is 11.2 Å². The number of hydrazone groups is 1. The Kier molecular flexibility index (Phi) is 6.67. The second kappa shape index (κ2) is 9.16. The smallest absolute Gasteiger partial charge is 0.311 e. The Hall–Kier alpha value is -3.42. The predicted octanol–water partition coefficient (Wildman–Crippen LogP) is 2.78. The summed E-state index contributed by atoms with van der Waals surface area (Å²) in [5, 5.41) is 23.8. The maximum Gasteiger partial charge on any atom is 0.311 e. The standard InChI is InChI=1S/C18H19N3O5/c1-2-3-13-4-7-15(8-5-13)26-12-18(23)20-19-11-14-6-9-17(22)16(10-14)21(24)25/h4-11,22H,2-3,12H2,1H3,(H,20,23)/b19-11+. The second-order valence-corrected chi connectivity index (χ2v) is 5.48. The molecule has 0 bridgehead atoms. The number of carbonyl (C=O) groups excluding carboxylic acids is 1. The summed E-state index contributed by atoms with van der Waals surface area (Å²) >= 11 is 0. The van der Waals surface area contributed by atoms with Crippen LogP contribution < -0.4 is 10.2 Å². The van der Waals surface area contributed by atoms with Crippen LogP contribution in [0.4, 0.5) is 5.69 Å². The zero-order chi connectivity index (χ0) is 18.9. The average Bonchev–Trinajstić information content (AvgIpc) is 2.62. The lowest BCUT2D eigenvalue weighted by atomic mass is 10.1. The van der Waals surface area contributed by atoms with Crippen LogP contribution in [0.5, 0.6) is 11.5 Å². The Labute approximate surface area is 150 Å². The molecular formula is C18H19N3O5. The first-order valence-electron chi connectivity index (χ1n) is 8.00. The van der Waals surface area contributed by atoms with Crippen molar-refractivity contribution in [1.29, 1.82) is 0 Å². The Morgan fingerprint density at radius 3 is 2.69 bits per heavy atom. The third-order valence-electron chi connectivity index (χ3n) is 3.43. The van der Waals surface area contributed by atoms with Gasteiger partial charge in [-0.25, -0.2) is 5.43 Å². The van der Waals surface area contributed by atoms with Crippen molar-refractivity contribution in [3.63, 3.8) is 0 Å². The molecular weight excluding hydrogens is 338 g/mol. The second-order valence-electron chi connectivity index (χ2n) is 5.48. The van der Waals surface area contributed by atoms with E-state index in [1.807, 2.05) is 12.1 Å². The molecule has 0 radical (unpaired) electrons. The molecule has 136 valence electrons. The first-order valence-corrected chi connectivity index (χ1v) is 8.00. The Morgan fingerprint density at radius 2 is 2.04 bits per heavy atom. The fourth-order valence-corrected chi connectivity index (χ4v) is 2.17. The van der Waals surface area contributed by atoms with Crippen LogP contribution in [0.15, 0.2) is 47.6 Å². The Morgan fingerprint density at radius 1 is 1.31 bits per heavy atom. The van der Waals surface area contributed by atoms with Gasteiger partial charge >= 0.3 is 5.69 Å². The number of nitro groups is 1. The number of rotatable bonds is 8. The molecule has 0 aliphatic heterocycles. The quantitative estimate of drug-likeness (QED) is 0.428. The van der Waals surface area contributed by atoms with Crippen LogP contribution in [-0.4, -0.2) is 28.8 Å². The number of hydrogen-bond donors (Lipinski definition) is 2. The largest absolute Gasteiger partial charge is 0.502 e. The Balaban J connectivity index is 1.83. The number of carbonyl (C=O) groups is 1. The zero-order valence-electron chi connectivity index (χ0n) is 14.2. The highest BCUT2D eigenvalue weighted by Crippen LogP contribution is 2.25. The number of nitro benzene ring substituents is 1. The molecule has 0 aromatic heterocycles. The molecule has 2 N–H and O–H groups in total. The molecule has 8 heteroatoms. The summed E-state index contributed by atoms with van der Waals surface area (Å²) in [6.45, 7) is 1.89. The molecule has 1 amide bonds. The number of phenols is 1. The minimum atomic E-state index is -0.703. The van der Waals surface area contributed by atoms with Gasteiger partial charge in [-0.15, -0.1) is 0 Å². The van der Waals surface area contributed by atoms with Gasteiger partial charge < -0.3 is 9.84 Å². The first kappa shape index (κ1) is 18.9. The molecule has 2 aromatic carbocycles. The van der Waals surface area contributed by atoms with Crippen LogP contribution in [0.25, 0.3) is 0 Å². The molecule has 0 spiro atoms. The van der Waals surface area contributed by atoms with E-state index in [1.54, 1.807) is 12.1 Å². The highest BCUT2D eigenvalue weighted by Gasteiger charge is 2.12. The topological polar surface area (TPSA) is 114 Å². The third kappa shape index (κ3) is 5.59. The van der Waals surface area contributed by atoms with Gasteiger partial charge in [0.05, 0.1) is 11.1 Å². The van der Waals surface area contributed by atoms with Gasteiger partial charge in [-0.1, -0.05) is 25.5 Å². The van der Waals surface area contributed by atoms with Gasteiger partial charge in [0.1, 0.15) is 5.75 Å². The van der Waals surface area contributed by atoms with Crippen molar-refractivity contribution < 1.29 is 19.6 Å². The van der Waals surface area contributed by atoms with E-state index in [0.717, 1.165) is 18.9 Å². The van der Waals surface area contributed by atoms with E-state index in [2.05, 4.69) is 17.5 Å². The highest BCUT2D eigenvalue weighted by atomic mass is 16.6. The van der Waals surface area contributed by atoms with Crippen molar-refractivity contribution in [3.05, 3.63) is 63.7 Å². The molecule has 0 atom stereocenters. The monoisotopic (exact) mass is 357 g/mol. The van der Waals surface area contributed by atoms with E-state index in [-0.39, 0.29) is 6.61 Å². The summed E-state index contributed by atoms with van der Waals surface area (Å²) < 4.78 is 5.36. The number of benzene rings is 2. The van der Waals surface area contributed by atoms with Crippen molar-refractivity contribution in [2.45, 2.75) is 19.8 Å². The average molecular weight is 357 g/mol. The number of aryl methyl sites for hydroxylation is 1. The molecule has 2 rings (SSSR count). The fraction of sp³-hybridized carbons (Fsp3) is 0.222. The zero-order valence-corrected chi connectivity index (χ0v) is 14.2. The molecule has 0 aliphatic rings. The summed E-state index contributed by atoms with van der Waals surface area (Å²) in [6.07, 6.45) is 3.29. The molecule has 0 saturated heterocycles. The van der Waals surface area contributed by atoms with Gasteiger partial charge in [0.2, 0.25) is 0 Å². The van der Waals surface area contributed by atoms with E-state index >= 15 is 0 Å². The summed E-state index contributed by atoms with van der Waals surface area (Å²) in [7, 11) is 0. The van der Waals surface area contributed by atoms with Gasteiger partial charge in [-0.2, -0.15) is 5.10 Å². The maximum atomic E-state index is 11.7.